The normalized spacial score (nSPS) is 29.8. The molecule has 38 heavy (non-hydrogen) atoms. The minimum atomic E-state index is -1.14. The summed E-state index contributed by atoms with van der Waals surface area (Å²) in [7, 11) is -0.582. The highest BCUT2D eigenvalue weighted by atomic mass is 16.7. The van der Waals surface area contributed by atoms with Gasteiger partial charge in [-0.3, -0.25) is 14.6 Å². The van der Waals surface area contributed by atoms with E-state index in [0.29, 0.717) is 23.8 Å². The van der Waals surface area contributed by atoms with E-state index in [1.165, 1.54) is 13.1 Å². The van der Waals surface area contributed by atoms with Gasteiger partial charge < -0.3 is 25.0 Å². The number of hydrogen-bond donors (Lipinski definition) is 3. The lowest BCUT2D eigenvalue weighted by Gasteiger charge is -2.64. The lowest BCUT2D eigenvalue weighted by molar-refractivity contribution is -0.199. The monoisotopic (exact) mass is 521 g/mol. The van der Waals surface area contributed by atoms with Crippen LogP contribution < -0.4 is 10.6 Å². The van der Waals surface area contributed by atoms with Crippen molar-refractivity contribution in [3.63, 3.8) is 0 Å². The average molecular weight is 521 g/mol. The van der Waals surface area contributed by atoms with Crippen molar-refractivity contribution in [1.82, 2.24) is 15.6 Å². The van der Waals surface area contributed by atoms with Crippen molar-refractivity contribution in [1.29, 1.82) is 0 Å². The van der Waals surface area contributed by atoms with Crippen molar-refractivity contribution < 1.29 is 24.0 Å². The number of carbonyl (C=O) groups excluding carboxylic acids is 2. The summed E-state index contributed by atoms with van der Waals surface area (Å²) in [5.74, 6) is -0.0324. The second-order valence-electron chi connectivity index (χ2n) is 12.7. The van der Waals surface area contributed by atoms with Crippen LogP contribution in [0.2, 0.25) is 0 Å². The summed E-state index contributed by atoms with van der Waals surface area (Å²) in [4.78, 5) is 30.9. The third-order valence-electron chi connectivity index (χ3n) is 9.25. The maximum absolute atomic E-state index is 13.5. The summed E-state index contributed by atoms with van der Waals surface area (Å²) >= 11 is 0. The van der Waals surface area contributed by atoms with E-state index in [0.717, 1.165) is 23.7 Å². The second kappa shape index (κ2) is 9.92. The van der Waals surface area contributed by atoms with E-state index >= 15 is 0 Å². The predicted octanol–water partition coefficient (Wildman–Crippen LogP) is 3.51. The largest absolute Gasteiger partial charge is 0.481 e. The molecule has 6 rings (SSSR count). The van der Waals surface area contributed by atoms with Crippen LogP contribution in [0.4, 0.5) is 0 Å². The number of rotatable bonds is 8. The Morgan fingerprint density at radius 3 is 2.58 bits per heavy atom. The zero-order chi connectivity index (χ0) is 27.4. The lowest BCUT2D eigenvalue weighted by atomic mass is 9.43. The molecular formula is C29H40BN3O5. The fourth-order valence-electron chi connectivity index (χ4n) is 6.91. The number of nitrogens with one attached hydrogen (secondary N) is 2. The molecule has 7 atom stereocenters. The quantitative estimate of drug-likeness (QED) is 0.459. The Bertz CT molecular complexity index is 1220. The first kappa shape index (κ1) is 27.1. The topological polar surface area (TPSA) is 110 Å². The lowest BCUT2D eigenvalue weighted by Crippen LogP contribution is -2.65. The maximum atomic E-state index is 13.5. The van der Waals surface area contributed by atoms with Gasteiger partial charge in [-0.15, -0.1) is 0 Å². The van der Waals surface area contributed by atoms with Gasteiger partial charge in [-0.1, -0.05) is 45.9 Å². The van der Waals surface area contributed by atoms with E-state index in [4.69, 9.17) is 9.31 Å². The Hall–Kier alpha value is -2.49. The second-order valence-corrected chi connectivity index (χ2v) is 12.7. The minimum absolute atomic E-state index is 0.00325. The Balaban J connectivity index is 1.30. The van der Waals surface area contributed by atoms with Crippen LogP contribution in [0.1, 0.15) is 71.2 Å². The van der Waals surface area contributed by atoms with E-state index in [-0.39, 0.29) is 23.0 Å². The number of carbonyl (C=O) groups is 2. The van der Waals surface area contributed by atoms with E-state index in [9.17, 15) is 14.7 Å². The zero-order valence-electron chi connectivity index (χ0n) is 23.2. The van der Waals surface area contributed by atoms with Crippen LogP contribution in [-0.2, 0) is 14.1 Å². The van der Waals surface area contributed by atoms with Crippen molar-refractivity contribution >= 4 is 29.8 Å². The molecule has 204 valence electrons. The molecule has 3 saturated carbocycles. The molecule has 3 aliphatic carbocycles. The summed E-state index contributed by atoms with van der Waals surface area (Å²) in [6.45, 7) is 12.5. The van der Waals surface area contributed by atoms with Crippen LogP contribution in [-0.4, -0.2) is 58.8 Å². The van der Waals surface area contributed by atoms with Crippen molar-refractivity contribution in [3.05, 3.63) is 42.1 Å². The standard InChI is InChI=1S/C29H40BN3O5/c1-16(2)11-24(30-37-23-14-20-13-22(28(20,4)5)29(23,6)38-30)32-27(36)25(17(3)34)33-26(35)19-12-18-9-7-8-10-21(18)31-15-19/h7-10,12,15-17,20,22-25,34H,11,13-14H2,1-6H3,(H,32,36)(H,33,35)/t17-,20-,22+,23-,24+,25+,29+/m1/s1. The number of aliphatic hydroxyl groups excluding tert-OH is 1. The number of pyridine rings is 1. The number of fused-ring (bicyclic) bond motifs is 1. The highest BCUT2D eigenvalue weighted by Crippen LogP contribution is 2.65. The van der Waals surface area contributed by atoms with Crippen LogP contribution in [0.25, 0.3) is 10.9 Å². The average Bonchev–Trinajstić information content (AvgIpc) is 3.23. The molecule has 1 aromatic heterocycles. The third-order valence-corrected chi connectivity index (χ3v) is 9.25. The van der Waals surface area contributed by atoms with Crippen LogP contribution in [0, 0.1) is 23.2 Å². The summed E-state index contributed by atoms with van der Waals surface area (Å²) in [5, 5.41) is 17.0. The molecule has 2 heterocycles. The van der Waals surface area contributed by atoms with Gasteiger partial charge in [0.05, 0.1) is 34.8 Å². The minimum Gasteiger partial charge on any atom is -0.404 e. The molecule has 1 saturated heterocycles. The molecular weight excluding hydrogens is 481 g/mol. The van der Waals surface area contributed by atoms with Crippen LogP contribution >= 0.6 is 0 Å². The molecule has 9 heteroatoms. The first-order chi connectivity index (χ1) is 17.9. The van der Waals surface area contributed by atoms with Gasteiger partial charge in [0.25, 0.3) is 5.91 Å². The Kier molecular flexibility index (Phi) is 7.07. The number of amides is 2. The van der Waals surface area contributed by atoms with Gasteiger partial charge in [-0.05, 0) is 68.4 Å². The molecule has 8 nitrogen and oxygen atoms in total. The van der Waals surface area contributed by atoms with E-state index in [1.54, 1.807) is 6.07 Å². The van der Waals surface area contributed by atoms with Crippen molar-refractivity contribution in [2.24, 2.45) is 23.2 Å². The number of benzene rings is 1. The van der Waals surface area contributed by atoms with Crippen molar-refractivity contribution in [2.45, 2.75) is 90.6 Å². The van der Waals surface area contributed by atoms with E-state index in [2.05, 4.69) is 50.2 Å². The molecule has 4 aliphatic rings. The molecule has 3 N–H and O–H groups in total. The smallest absolute Gasteiger partial charge is 0.404 e. The first-order valence-electron chi connectivity index (χ1n) is 13.9. The molecule has 0 spiro atoms. The summed E-state index contributed by atoms with van der Waals surface area (Å²) < 4.78 is 13.1. The van der Waals surface area contributed by atoms with Gasteiger partial charge in [0.1, 0.15) is 6.04 Å². The van der Waals surface area contributed by atoms with Crippen LogP contribution in [0.3, 0.4) is 0 Å². The Morgan fingerprint density at radius 2 is 1.89 bits per heavy atom. The molecule has 0 radical (unpaired) electrons. The molecule has 2 aromatic rings. The van der Waals surface area contributed by atoms with Crippen molar-refractivity contribution in [3.8, 4) is 0 Å². The van der Waals surface area contributed by atoms with Gasteiger partial charge in [-0.2, -0.15) is 0 Å². The molecule has 0 unspecified atom stereocenters. The van der Waals surface area contributed by atoms with Gasteiger partial charge in [0.2, 0.25) is 5.91 Å². The Morgan fingerprint density at radius 1 is 1.16 bits per heavy atom. The van der Waals surface area contributed by atoms with E-state index in [1.807, 2.05) is 24.3 Å². The van der Waals surface area contributed by atoms with Gasteiger partial charge >= 0.3 is 7.12 Å². The number of aliphatic hydroxyl groups is 1. The summed E-state index contributed by atoms with van der Waals surface area (Å²) in [6, 6.07) is 8.08. The number of para-hydroxylation sites is 1. The first-order valence-corrected chi connectivity index (χ1v) is 13.9. The van der Waals surface area contributed by atoms with Gasteiger partial charge in [-0.25, -0.2) is 0 Å². The fourth-order valence-corrected chi connectivity index (χ4v) is 6.91. The molecule has 4 fully saturated rings. The highest BCUT2D eigenvalue weighted by molar-refractivity contribution is 6.48. The Labute approximate surface area is 225 Å². The van der Waals surface area contributed by atoms with Crippen molar-refractivity contribution in [2.75, 3.05) is 0 Å². The van der Waals surface area contributed by atoms with Gasteiger partial charge in [0, 0.05) is 11.6 Å². The number of aromatic nitrogens is 1. The maximum Gasteiger partial charge on any atom is 0.481 e. The van der Waals surface area contributed by atoms with Crippen LogP contribution in [0.5, 0.6) is 0 Å². The number of hydrogen-bond acceptors (Lipinski definition) is 6. The molecule has 1 aliphatic heterocycles. The fraction of sp³-hybridized carbons (Fsp3) is 0.621. The number of nitrogens with zero attached hydrogens (tertiary/aromatic N) is 1. The molecule has 1 aromatic carbocycles. The van der Waals surface area contributed by atoms with E-state index < -0.39 is 37.0 Å². The van der Waals surface area contributed by atoms with Gasteiger partial charge in [0.15, 0.2) is 0 Å². The molecule has 2 bridgehead atoms. The zero-order valence-corrected chi connectivity index (χ0v) is 23.2. The highest BCUT2D eigenvalue weighted by Gasteiger charge is 2.68. The van der Waals surface area contributed by atoms with Crippen LogP contribution in [0.15, 0.2) is 36.5 Å². The predicted molar refractivity (Wildman–Crippen MR) is 146 cm³/mol. The summed E-state index contributed by atoms with van der Waals surface area (Å²) in [6.07, 6.45) is 3.13. The third kappa shape index (κ3) is 4.73. The summed E-state index contributed by atoms with van der Waals surface area (Å²) in [5.41, 5.74) is 0.933. The SMILES string of the molecule is CC(C)C[C@H](NC(=O)[C@@H](NC(=O)c1cnc2ccccc2c1)[C@@H](C)O)B1O[C@@H]2C[C@H]3C[C@@H](C3(C)C)[C@]2(C)O1. The molecule has 2 amide bonds.